The number of piperidine rings is 1. The fraction of sp³-hybridized carbons (Fsp3) is 0.667. The van der Waals surface area contributed by atoms with Crippen LogP contribution in [0, 0.1) is 13.8 Å². The van der Waals surface area contributed by atoms with Gasteiger partial charge in [0.25, 0.3) is 0 Å². The van der Waals surface area contributed by atoms with Crippen LogP contribution in [0.5, 0.6) is 0 Å². The second-order valence-electron chi connectivity index (χ2n) is 7.27. The molecule has 0 N–H and O–H groups in total. The number of aryl methyl sites for hydroxylation is 3. The number of nitrogens with zero attached hydrogens (tertiary/aromatic N) is 6. The second-order valence-corrected chi connectivity index (χ2v) is 7.27. The molecule has 1 aliphatic rings. The summed E-state index contributed by atoms with van der Waals surface area (Å²) in [5, 5.41) is 12.8. The minimum absolute atomic E-state index is 0.202. The smallest absolute Gasteiger partial charge is 0.224 e. The van der Waals surface area contributed by atoms with Crippen LogP contribution >= 0.6 is 0 Å². The highest BCUT2D eigenvalue weighted by molar-refractivity contribution is 5.76. The molecule has 2 aromatic heterocycles. The number of aromatic nitrogens is 5. The molecule has 3 heterocycles. The first-order valence-corrected chi connectivity index (χ1v) is 9.14. The van der Waals surface area contributed by atoms with Gasteiger partial charge in [-0.25, -0.2) is 0 Å². The molecule has 0 aromatic carbocycles. The highest BCUT2D eigenvalue weighted by atomic mass is 16.2. The Labute approximate surface area is 149 Å². The van der Waals surface area contributed by atoms with Gasteiger partial charge in [-0.2, -0.15) is 5.10 Å². The fourth-order valence-corrected chi connectivity index (χ4v) is 3.62. The monoisotopic (exact) mass is 344 g/mol. The summed E-state index contributed by atoms with van der Waals surface area (Å²) in [5.74, 6) is 1.48. The van der Waals surface area contributed by atoms with Gasteiger partial charge in [0.1, 0.15) is 12.2 Å². The van der Waals surface area contributed by atoms with E-state index in [0.717, 1.165) is 43.1 Å². The van der Waals surface area contributed by atoms with Crippen molar-refractivity contribution in [2.45, 2.75) is 65.5 Å². The van der Waals surface area contributed by atoms with Gasteiger partial charge in [0.05, 0.1) is 5.69 Å². The molecule has 2 aromatic rings. The van der Waals surface area contributed by atoms with Gasteiger partial charge in [0.15, 0.2) is 0 Å². The summed E-state index contributed by atoms with van der Waals surface area (Å²) in [4.78, 5) is 14.7. The Bertz CT molecular complexity index is 732. The highest BCUT2D eigenvalue weighted by Gasteiger charge is 2.28. The van der Waals surface area contributed by atoms with Crippen LogP contribution in [0.2, 0.25) is 0 Å². The van der Waals surface area contributed by atoms with Gasteiger partial charge in [-0.3, -0.25) is 9.48 Å². The van der Waals surface area contributed by atoms with Gasteiger partial charge >= 0.3 is 0 Å². The molecule has 1 saturated heterocycles. The minimum atomic E-state index is 0.202. The summed E-state index contributed by atoms with van der Waals surface area (Å²) in [6.45, 7) is 10.5. The van der Waals surface area contributed by atoms with Crippen LogP contribution in [0.4, 0.5) is 0 Å². The Morgan fingerprint density at radius 3 is 2.84 bits per heavy atom. The van der Waals surface area contributed by atoms with Crippen LogP contribution < -0.4 is 0 Å². The lowest BCUT2D eigenvalue weighted by molar-refractivity contribution is -0.132. The first kappa shape index (κ1) is 17.6. The van der Waals surface area contributed by atoms with E-state index < -0.39 is 0 Å². The van der Waals surface area contributed by atoms with Crippen molar-refractivity contribution in [2.24, 2.45) is 0 Å². The molecule has 1 amide bonds. The van der Waals surface area contributed by atoms with Crippen molar-refractivity contribution in [3.8, 4) is 0 Å². The molecule has 0 radical (unpaired) electrons. The lowest BCUT2D eigenvalue weighted by Gasteiger charge is -2.33. The van der Waals surface area contributed by atoms with Crippen molar-refractivity contribution in [1.82, 2.24) is 29.4 Å². The molecule has 0 bridgehead atoms. The number of hydrogen-bond donors (Lipinski definition) is 0. The summed E-state index contributed by atoms with van der Waals surface area (Å²) < 4.78 is 4.04. The quantitative estimate of drug-likeness (QED) is 0.835. The van der Waals surface area contributed by atoms with Gasteiger partial charge in [-0.15, -0.1) is 10.2 Å². The van der Waals surface area contributed by atoms with E-state index in [1.807, 2.05) is 29.5 Å². The van der Waals surface area contributed by atoms with Gasteiger partial charge in [-0.05, 0) is 46.6 Å². The van der Waals surface area contributed by atoms with Crippen molar-refractivity contribution in [2.75, 3.05) is 13.1 Å². The maximum absolute atomic E-state index is 12.7. The van der Waals surface area contributed by atoms with Gasteiger partial charge in [0, 0.05) is 43.7 Å². The number of amides is 1. The maximum Gasteiger partial charge on any atom is 0.224 e. The third-order valence-corrected chi connectivity index (χ3v) is 4.94. The summed E-state index contributed by atoms with van der Waals surface area (Å²) in [6.07, 6.45) is 4.36. The normalized spacial score (nSPS) is 18.1. The van der Waals surface area contributed by atoms with Crippen LogP contribution in [-0.2, 0) is 11.3 Å². The molecule has 7 nitrogen and oxygen atoms in total. The topological polar surface area (TPSA) is 68.8 Å². The summed E-state index contributed by atoms with van der Waals surface area (Å²) in [5.41, 5.74) is 2.10. The zero-order valence-electron chi connectivity index (χ0n) is 15.6. The van der Waals surface area contributed by atoms with E-state index in [1.165, 1.54) is 0 Å². The molecule has 0 aliphatic carbocycles. The molecule has 7 heteroatoms. The highest BCUT2D eigenvalue weighted by Crippen LogP contribution is 2.27. The molecule has 1 aliphatic heterocycles. The number of likely N-dealkylation sites (tertiary alicyclic amines) is 1. The van der Waals surface area contributed by atoms with E-state index in [2.05, 4.69) is 33.7 Å². The van der Waals surface area contributed by atoms with E-state index in [4.69, 9.17) is 0 Å². The average molecular weight is 344 g/mol. The van der Waals surface area contributed by atoms with Gasteiger partial charge in [0.2, 0.25) is 5.91 Å². The predicted octanol–water partition coefficient (Wildman–Crippen LogP) is 2.47. The number of carbonyl (C=O) groups is 1. The first-order chi connectivity index (χ1) is 12.0. The van der Waals surface area contributed by atoms with Crippen molar-refractivity contribution >= 4 is 5.91 Å². The molecule has 1 fully saturated rings. The Morgan fingerprint density at radius 1 is 1.36 bits per heavy atom. The molecule has 25 heavy (non-hydrogen) atoms. The Morgan fingerprint density at radius 2 is 2.16 bits per heavy atom. The van der Waals surface area contributed by atoms with E-state index in [1.54, 1.807) is 6.33 Å². The number of carbonyl (C=O) groups excluding carboxylic acids is 1. The van der Waals surface area contributed by atoms with E-state index in [-0.39, 0.29) is 11.8 Å². The van der Waals surface area contributed by atoms with E-state index in [0.29, 0.717) is 19.0 Å². The van der Waals surface area contributed by atoms with Crippen LogP contribution in [0.25, 0.3) is 0 Å². The molecular weight excluding hydrogens is 316 g/mol. The molecule has 136 valence electrons. The summed E-state index contributed by atoms with van der Waals surface area (Å²) in [7, 11) is 0. The molecule has 3 rings (SSSR count). The number of hydrogen-bond acceptors (Lipinski definition) is 4. The average Bonchev–Trinajstić information content (AvgIpc) is 3.19. The van der Waals surface area contributed by atoms with Gasteiger partial charge < -0.3 is 9.47 Å². The summed E-state index contributed by atoms with van der Waals surface area (Å²) >= 11 is 0. The fourth-order valence-electron chi connectivity index (χ4n) is 3.62. The summed E-state index contributed by atoms with van der Waals surface area (Å²) in [6, 6.07) is 2.38. The van der Waals surface area contributed by atoms with Crippen molar-refractivity contribution < 1.29 is 4.79 Å². The third kappa shape index (κ3) is 3.91. The zero-order chi connectivity index (χ0) is 18.0. The second kappa shape index (κ2) is 7.37. The predicted molar refractivity (Wildman–Crippen MR) is 95.3 cm³/mol. The Kier molecular flexibility index (Phi) is 5.20. The first-order valence-electron chi connectivity index (χ1n) is 9.14. The Hall–Kier alpha value is -2.18. The lowest BCUT2D eigenvalue weighted by Crippen LogP contribution is -2.40. The van der Waals surface area contributed by atoms with E-state index in [9.17, 15) is 4.79 Å². The minimum Gasteiger partial charge on any atom is -0.342 e. The SMILES string of the molecule is Cc1cc(C)n(CCC(=O)N2CCC[C@@H](c3nncn3C(C)C)C2)n1. The molecule has 0 unspecified atom stereocenters. The molecule has 1 atom stereocenters. The number of rotatable bonds is 5. The largest absolute Gasteiger partial charge is 0.342 e. The maximum atomic E-state index is 12.7. The Balaban J connectivity index is 1.61. The van der Waals surface area contributed by atoms with E-state index >= 15 is 0 Å². The van der Waals surface area contributed by atoms with Crippen LogP contribution in [0.1, 0.15) is 62.3 Å². The molecule has 0 saturated carbocycles. The van der Waals surface area contributed by atoms with Crippen LogP contribution in [0.15, 0.2) is 12.4 Å². The third-order valence-electron chi connectivity index (χ3n) is 4.94. The van der Waals surface area contributed by atoms with Crippen molar-refractivity contribution in [3.63, 3.8) is 0 Å². The zero-order valence-corrected chi connectivity index (χ0v) is 15.6. The molecular formula is C18H28N6O. The lowest BCUT2D eigenvalue weighted by atomic mass is 9.96. The van der Waals surface area contributed by atoms with Crippen LogP contribution in [-0.4, -0.2) is 48.4 Å². The van der Waals surface area contributed by atoms with Gasteiger partial charge in [-0.1, -0.05) is 0 Å². The standard InChI is InChI=1S/C18H28N6O/c1-13(2)23-12-19-20-18(23)16-6-5-8-22(11-16)17(25)7-9-24-15(4)10-14(3)21-24/h10,12-13,16H,5-9,11H2,1-4H3/t16-/m1/s1. The molecule has 0 spiro atoms. The van der Waals surface area contributed by atoms with Crippen molar-refractivity contribution in [1.29, 1.82) is 0 Å². The van der Waals surface area contributed by atoms with Crippen molar-refractivity contribution in [3.05, 3.63) is 29.6 Å². The van der Waals surface area contributed by atoms with Crippen LogP contribution in [0.3, 0.4) is 0 Å².